The molecule has 2 N–H and O–H groups in total. The number of nitrogens with zero attached hydrogens (tertiary/aromatic N) is 4. The highest BCUT2D eigenvalue weighted by molar-refractivity contribution is 6.35. The zero-order valence-corrected chi connectivity index (χ0v) is 21.9. The Bertz CT molecular complexity index is 1720. The lowest BCUT2D eigenvalue weighted by Crippen LogP contribution is -2.34. The second-order valence-electron chi connectivity index (χ2n) is 9.55. The monoisotopic (exact) mass is 540 g/mol. The van der Waals surface area contributed by atoms with Gasteiger partial charge < -0.3 is 15.0 Å². The van der Waals surface area contributed by atoms with E-state index in [1.54, 1.807) is 23.0 Å². The number of H-pyrrole nitrogens is 1. The van der Waals surface area contributed by atoms with Gasteiger partial charge in [0.15, 0.2) is 5.65 Å². The van der Waals surface area contributed by atoms with Crippen LogP contribution in [0.15, 0.2) is 72.4 Å². The van der Waals surface area contributed by atoms with Gasteiger partial charge in [-0.25, -0.2) is 14.3 Å². The predicted molar refractivity (Wildman–Crippen MR) is 147 cm³/mol. The van der Waals surface area contributed by atoms with E-state index in [1.807, 2.05) is 42.6 Å². The minimum atomic E-state index is -0.638. The molecule has 10 heteroatoms. The number of hydrogen-bond donors (Lipinski definition) is 2. The van der Waals surface area contributed by atoms with Crippen LogP contribution in [0.2, 0.25) is 5.02 Å². The smallest absolute Gasteiger partial charge is 0.324 e. The first-order chi connectivity index (χ1) is 19.0. The number of aromatic amines is 1. The summed E-state index contributed by atoms with van der Waals surface area (Å²) in [5.74, 6) is 7.04. The van der Waals surface area contributed by atoms with E-state index in [9.17, 15) is 9.59 Å². The number of para-hydroxylation sites is 1. The molecule has 3 aromatic heterocycles. The van der Waals surface area contributed by atoms with Crippen LogP contribution in [-0.4, -0.2) is 55.6 Å². The third-order valence-electron chi connectivity index (χ3n) is 6.98. The molecule has 3 amide bonds. The molecule has 1 saturated heterocycles. The average Bonchev–Trinajstić information content (AvgIpc) is 3.62. The normalized spacial score (nSPS) is 19.1. The first kappa shape index (κ1) is 24.8. The van der Waals surface area contributed by atoms with E-state index < -0.39 is 12.1 Å². The largest absolute Gasteiger partial charge is 0.492 e. The summed E-state index contributed by atoms with van der Waals surface area (Å²) in [7, 11) is 0. The second-order valence-corrected chi connectivity index (χ2v) is 9.96. The number of halogens is 1. The third-order valence-corrected chi connectivity index (χ3v) is 7.29. The van der Waals surface area contributed by atoms with Crippen molar-refractivity contribution in [3.05, 3.63) is 88.7 Å². The molecule has 0 radical (unpaired) electrons. The lowest BCUT2D eigenvalue weighted by Gasteiger charge is -2.18. The zero-order chi connectivity index (χ0) is 26.9. The van der Waals surface area contributed by atoms with Crippen molar-refractivity contribution in [2.75, 3.05) is 13.2 Å². The van der Waals surface area contributed by atoms with Crippen LogP contribution in [0.3, 0.4) is 0 Å². The van der Waals surface area contributed by atoms with Gasteiger partial charge in [-0.05, 0) is 54.2 Å². The average molecular weight is 541 g/mol. The van der Waals surface area contributed by atoms with Crippen LogP contribution in [0.5, 0.6) is 0 Å². The van der Waals surface area contributed by atoms with Gasteiger partial charge in [0, 0.05) is 29.8 Å². The van der Waals surface area contributed by atoms with E-state index in [0.717, 1.165) is 34.1 Å². The molecule has 1 aliphatic carbocycles. The van der Waals surface area contributed by atoms with E-state index in [4.69, 9.17) is 16.3 Å². The number of benzene rings is 1. The van der Waals surface area contributed by atoms with Gasteiger partial charge in [-0.3, -0.25) is 9.69 Å². The second kappa shape index (κ2) is 10.3. The number of carbonyl (C=O) groups is 2. The zero-order valence-electron chi connectivity index (χ0n) is 21.1. The molecule has 1 fully saturated rings. The number of ether oxygens (including phenoxy) is 1. The van der Waals surface area contributed by atoms with Crippen molar-refractivity contribution in [3.8, 4) is 11.8 Å². The van der Waals surface area contributed by atoms with Crippen molar-refractivity contribution in [1.82, 2.24) is 29.8 Å². The van der Waals surface area contributed by atoms with Gasteiger partial charge in [-0.2, -0.15) is 5.10 Å². The number of rotatable bonds is 6. The summed E-state index contributed by atoms with van der Waals surface area (Å²) in [5, 5.41) is 8.64. The summed E-state index contributed by atoms with van der Waals surface area (Å²) in [6, 6.07) is 8.27. The van der Waals surface area contributed by atoms with Crippen LogP contribution in [0.1, 0.15) is 24.6 Å². The number of carbonyl (C=O) groups excluding carboxylic acids is 2. The van der Waals surface area contributed by atoms with Crippen LogP contribution < -0.4 is 5.32 Å². The lowest BCUT2D eigenvalue weighted by molar-refractivity contribution is -0.127. The molecule has 0 saturated carbocycles. The number of urea groups is 1. The molecule has 1 aliphatic heterocycles. The molecule has 4 aromatic rings. The summed E-state index contributed by atoms with van der Waals surface area (Å²) < 4.78 is 7.63. The number of imidazole rings is 1. The Morgan fingerprint density at radius 1 is 1.21 bits per heavy atom. The molecule has 6 rings (SSSR count). The Balaban J connectivity index is 1.07. The first-order valence-corrected chi connectivity index (χ1v) is 13.1. The van der Waals surface area contributed by atoms with Crippen LogP contribution in [0, 0.1) is 17.8 Å². The maximum atomic E-state index is 13.0. The van der Waals surface area contributed by atoms with Crippen LogP contribution in [-0.2, 0) is 16.0 Å². The predicted octanol–water partition coefficient (Wildman–Crippen LogP) is 4.25. The number of amides is 3. The van der Waals surface area contributed by atoms with Crippen molar-refractivity contribution in [1.29, 1.82) is 0 Å². The van der Waals surface area contributed by atoms with Crippen LogP contribution >= 0.6 is 11.6 Å². The summed E-state index contributed by atoms with van der Waals surface area (Å²) in [6.45, 7) is 2.44. The molecule has 9 nitrogen and oxygen atoms in total. The molecule has 0 spiro atoms. The lowest BCUT2D eigenvalue weighted by atomic mass is 9.93. The molecular formula is C29H25ClN6O3. The van der Waals surface area contributed by atoms with Gasteiger partial charge >= 0.3 is 6.03 Å². The molecule has 4 heterocycles. The summed E-state index contributed by atoms with van der Waals surface area (Å²) in [6.07, 6.45) is 10.3. The van der Waals surface area contributed by atoms with Crippen molar-refractivity contribution < 1.29 is 14.3 Å². The Morgan fingerprint density at radius 3 is 3.00 bits per heavy atom. The van der Waals surface area contributed by atoms with Gasteiger partial charge in [0.2, 0.25) is 0 Å². The van der Waals surface area contributed by atoms with E-state index in [1.165, 1.54) is 4.90 Å². The third kappa shape index (κ3) is 4.87. The fourth-order valence-electron chi connectivity index (χ4n) is 4.83. The minimum Gasteiger partial charge on any atom is -0.492 e. The molecule has 196 valence electrons. The molecule has 1 aromatic carbocycles. The quantitative estimate of drug-likeness (QED) is 0.281. The standard InChI is InChI=1S/C29H25ClN6O3/c1-18-7-10-22(14-19(18)8-9-21-17-31-26-6-3-11-33-36(21)26)39-13-12-35-28(37)25(34-29(35)38)15-20-16-32-27-23(20)4-2-5-24(27)30/h2-6,10-11,14,16-18,25,32H,7,12-13,15H2,1H3,(H,34,38). The van der Waals surface area contributed by atoms with E-state index in [0.29, 0.717) is 22.9 Å². The van der Waals surface area contributed by atoms with Crippen molar-refractivity contribution in [2.24, 2.45) is 5.92 Å². The number of allylic oxidation sites excluding steroid dienone is 3. The van der Waals surface area contributed by atoms with Crippen molar-refractivity contribution >= 4 is 40.1 Å². The van der Waals surface area contributed by atoms with Crippen molar-refractivity contribution in [3.63, 3.8) is 0 Å². The SMILES string of the molecule is CC1CC=C(OCCN2C(=O)NC(Cc3c[nH]c4c(Cl)cccc34)C2=O)C=C1C#Cc1cnc2cccnn12. The number of hydrogen-bond acceptors (Lipinski definition) is 5. The Kier molecular flexibility index (Phi) is 6.55. The first-order valence-electron chi connectivity index (χ1n) is 12.7. The summed E-state index contributed by atoms with van der Waals surface area (Å²) in [5.41, 5.74) is 4.12. The fourth-order valence-corrected chi connectivity index (χ4v) is 5.06. The molecule has 2 aliphatic rings. The van der Waals surface area contributed by atoms with Gasteiger partial charge in [-0.1, -0.05) is 36.6 Å². The van der Waals surface area contributed by atoms with Crippen LogP contribution in [0.25, 0.3) is 16.6 Å². The Labute approximate surface area is 229 Å². The topological polar surface area (TPSA) is 105 Å². The van der Waals surface area contributed by atoms with Gasteiger partial charge in [-0.15, -0.1) is 0 Å². The number of aromatic nitrogens is 4. The number of nitrogens with one attached hydrogen (secondary N) is 2. The minimum absolute atomic E-state index is 0.149. The van der Waals surface area contributed by atoms with E-state index in [-0.39, 0.29) is 25.0 Å². The maximum absolute atomic E-state index is 13.0. The summed E-state index contributed by atoms with van der Waals surface area (Å²) >= 11 is 6.25. The molecular weight excluding hydrogens is 516 g/mol. The van der Waals surface area contributed by atoms with Gasteiger partial charge in [0.05, 0.1) is 23.3 Å². The highest BCUT2D eigenvalue weighted by Crippen LogP contribution is 2.27. The molecule has 2 unspecified atom stereocenters. The Morgan fingerprint density at radius 2 is 2.10 bits per heavy atom. The Hall–Kier alpha value is -4.55. The molecule has 0 bridgehead atoms. The fraction of sp³-hybridized carbons (Fsp3) is 0.241. The maximum Gasteiger partial charge on any atom is 0.324 e. The van der Waals surface area contributed by atoms with Gasteiger partial charge in [0.1, 0.15) is 24.1 Å². The van der Waals surface area contributed by atoms with Crippen molar-refractivity contribution in [2.45, 2.75) is 25.8 Å². The highest BCUT2D eigenvalue weighted by atomic mass is 35.5. The molecule has 2 atom stereocenters. The van der Waals surface area contributed by atoms with Crippen LogP contribution in [0.4, 0.5) is 4.79 Å². The highest BCUT2D eigenvalue weighted by Gasteiger charge is 2.38. The molecule has 39 heavy (non-hydrogen) atoms. The number of imide groups is 1. The number of fused-ring (bicyclic) bond motifs is 2. The van der Waals surface area contributed by atoms with E-state index in [2.05, 4.69) is 39.1 Å². The summed E-state index contributed by atoms with van der Waals surface area (Å²) in [4.78, 5) is 34.2. The van der Waals surface area contributed by atoms with E-state index >= 15 is 0 Å². The van der Waals surface area contributed by atoms with Gasteiger partial charge in [0.25, 0.3) is 5.91 Å².